The summed E-state index contributed by atoms with van der Waals surface area (Å²) in [6.45, 7) is 0.220. The van der Waals surface area contributed by atoms with Gasteiger partial charge in [-0.2, -0.15) is 4.98 Å². The Morgan fingerprint density at radius 2 is 2.07 bits per heavy atom. The third kappa shape index (κ3) is 2.35. The molecule has 1 saturated heterocycles. The molecule has 1 aromatic rings. The van der Waals surface area contributed by atoms with E-state index in [1.807, 2.05) is 0 Å². The van der Waals surface area contributed by atoms with Gasteiger partial charge in [-0.25, -0.2) is 8.42 Å². The quantitative estimate of drug-likeness (QED) is 0.758. The van der Waals surface area contributed by atoms with Crippen LogP contribution in [0.2, 0.25) is 0 Å². The SMILES string of the molecule is NCc1nc(C2CCS(=O)(=O)CC2)no1. The molecule has 6 nitrogen and oxygen atoms in total. The van der Waals surface area contributed by atoms with Crippen molar-refractivity contribution in [3.8, 4) is 0 Å². The minimum absolute atomic E-state index is 0.0950. The number of hydrogen-bond donors (Lipinski definition) is 1. The maximum Gasteiger partial charge on any atom is 0.240 e. The minimum atomic E-state index is -2.83. The maximum absolute atomic E-state index is 11.2. The molecule has 2 rings (SSSR count). The van der Waals surface area contributed by atoms with Crippen LogP contribution >= 0.6 is 0 Å². The summed E-state index contributed by atoms with van der Waals surface area (Å²) in [5.41, 5.74) is 5.34. The highest BCUT2D eigenvalue weighted by molar-refractivity contribution is 7.91. The fourth-order valence-corrected chi connectivity index (χ4v) is 3.16. The van der Waals surface area contributed by atoms with Crippen LogP contribution in [0, 0.1) is 0 Å². The zero-order chi connectivity index (χ0) is 10.9. The van der Waals surface area contributed by atoms with Crippen molar-refractivity contribution in [3.05, 3.63) is 11.7 Å². The Labute approximate surface area is 87.8 Å². The molecule has 1 aromatic heterocycles. The highest BCUT2D eigenvalue weighted by atomic mass is 32.2. The highest BCUT2D eigenvalue weighted by Crippen LogP contribution is 2.26. The van der Waals surface area contributed by atoms with Crippen molar-refractivity contribution in [3.63, 3.8) is 0 Å². The lowest BCUT2D eigenvalue weighted by atomic mass is 10.0. The molecule has 0 radical (unpaired) electrons. The van der Waals surface area contributed by atoms with E-state index >= 15 is 0 Å². The number of rotatable bonds is 2. The van der Waals surface area contributed by atoms with Gasteiger partial charge in [-0.05, 0) is 12.8 Å². The monoisotopic (exact) mass is 231 g/mol. The van der Waals surface area contributed by atoms with Crippen molar-refractivity contribution in [2.45, 2.75) is 25.3 Å². The molecule has 0 amide bonds. The lowest BCUT2D eigenvalue weighted by Gasteiger charge is -2.18. The van der Waals surface area contributed by atoms with Gasteiger partial charge in [0.1, 0.15) is 9.84 Å². The first-order valence-corrected chi connectivity index (χ1v) is 6.66. The van der Waals surface area contributed by atoms with E-state index in [9.17, 15) is 8.42 Å². The van der Waals surface area contributed by atoms with Gasteiger partial charge in [0.25, 0.3) is 0 Å². The van der Waals surface area contributed by atoms with Crippen LogP contribution in [0.25, 0.3) is 0 Å². The second kappa shape index (κ2) is 3.90. The number of sulfone groups is 1. The van der Waals surface area contributed by atoms with E-state index < -0.39 is 9.84 Å². The summed E-state index contributed by atoms with van der Waals surface area (Å²) in [6.07, 6.45) is 1.15. The average Bonchev–Trinajstić information content (AvgIpc) is 2.66. The van der Waals surface area contributed by atoms with Gasteiger partial charge in [0.2, 0.25) is 5.89 Å². The summed E-state index contributed by atoms with van der Waals surface area (Å²) in [4.78, 5) is 4.10. The van der Waals surface area contributed by atoms with Crippen LogP contribution in [0.1, 0.15) is 30.5 Å². The van der Waals surface area contributed by atoms with E-state index in [1.165, 1.54) is 0 Å². The van der Waals surface area contributed by atoms with Gasteiger partial charge < -0.3 is 10.3 Å². The second-order valence-electron chi connectivity index (χ2n) is 3.68. The molecular weight excluding hydrogens is 218 g/mol. The molecule has 0 aliphatic carbocycles. The number of hydrogen-bond acceptors (Lipinski definition) is 6. The van der Waals surface area contributed by atoms with E-state index in [-0.39, 0.29) is 24.0 Å². The Kier molecular flexibility index (Phi) is 2.74. The molecule has 15 heavy (non-hydrogen) atoms. The van der Waals surface area contributed by atoms with Gasteiger partial charge in [0, 0.05) is 5.92 Å². The number of nitrogens with two attached hydrogens (primary N) is 1. The summed E-state index contributed by atoms with van der Waals surface area (Å²) in [5.74, 6) is 1.51. The largest absolute Gasteiger partial charge is 0.338 e. The Balaban J connectivity index is 2.07. The predicted octanol–water partition coefficient (Wildman–Crippen LogP) is -0.179. The molecule has 0 spiro atoms. The lowest BCUT2D eigenvalue weighted by molar-refractivity contribution is 0.369. The van der Waals surface area contributed by atoms with Crippen LogP contribution in [0.4, 0.5) is 0 Å². The first kappa shape index (κ1) is 10.6. The first-order chi connectivity index (χ1) is 7.11. The van der Waals surface area contributed by atoms with Crippen LogP contribution < -0.4 is 5.73 Å². The van der Waals surface area contributed by atoms with Crippen LogP contribution in [-0.2, 0) is 16.4 Å². The fraction of sp³-hybridized carbons (Fsp3) is 0.750. The van der Waals surface area contributed by atoms with Crippen LogP contribution in [0.5, 0.6) is 0 Å². The number of aromatic nitrogens is 2. The van der Waals surface area contributed by atoms with Crippen molar-refractivity contribution < 1.29 is 12.9 Å². The van der Waals surface area contributed by atoms with Crippen molar-refractivity contribution in [2.24, 2.45) is 5.73 Å². The smallest absolute Gasteiger partial charge is 0.240 e. The molecular formula is C8H13N3O3S. The van der Waals surface area contributed by atoms with Gasteiger partial charge in [0.15, 0.2) is 5.82 Å². The molecule has 0 unspecified atom stereocenters. The molecule has 1 aliphatic rings. The van der Waals surface area contributed by atoms with Gasteiger partial charge in [-0.1, -0.05) is 5.16 Å². The van der Waals surface area contributed by atoms with Gasteiger partial charge in [0.05, 0.1) is 18.1 Å². The Morgan fingerprint density at radius 1 is 1.40 bits per heavy atom. The maximum atomic E-state index is 11.2. The predicted molar refractivity (Wildman–Crippen MR) is 52.8 cm³/mol. The molecule has 0 bridgehead atoms. The highest BCUT2D eigenvalue weighted by Gasteiger charge is 2.27. The molecule has 84 valence electrons. The fourth-order valence-electron chi connectivity index (χ4n) is 1.67. The standard InChI is InChI=1S/C8H13N3O3S/c9-5-7-10-8(11-14-7)6-1-3-15(12,13)4-2-6/h6H,1-5,9H2. The van der Waals surface area contributed by atoms with E-state index in [2.05, 4.69) is 10.1 Å². The summed E-state index contributed by atoms with van der Waals surface area (Å²) >= 11 is 0. The molecule has 0 aromatic carbocycles. The zero-order valence-electron chi connectivity index (χ0n) is 8.22. The molecule has 2 heterocycles. The van der Waals surface area contributed by atoms with E-state index in [1.54, 1.807) is 0 Å². The molecule has 0 saturated carbocycles. The zero-order valence-corrected chi connectivity index (χ0v) is 9.03. The molecule has 0 atom stereocenters. The Morgan fingerprint density at radius 3 is 2.60 bits per heavy atom. The van der Waals surface area contributed by atoms with Crippen LogP contribution in [0.15, 0.2) is 4.52 Å². The molecule has 7 heteroatoms. The van der Waals surface area contributed by atoms with Crippen molar-refractivity contribution >= 4 is 9.84 Å². The third-order valence-electron chi connectivity index (χ3n) is 2.58. The second-order valence-corrected chi connectivity index (χ2v) is 5.98. The first-order valence-electron chi connectivity index (χ1n) is 4.84. The minimum Gasteiger partial charge on any atom is -0.338 e. The van der Waals surface area contributed by atoms with Crippen molar-refractivity contribution in [1.82, 2.24) is 10.1 Å². The van der Waals surface area contributed by atoms with Gasteiger partial charge in [-0.15, -0.1) is 0 Å². The van der Waals surface area contributed by atoms with E-state index in [0.717, 1.165) is 0 Å². The van der Waals surface area contributed by atoms with Gasteiger partial charge >= 0.3 is 0 Å². The van der Waals surface area contributed by atoms with E-state index in [0.29, 0.717) is 24.6 Å². The Bertz CT molecular complexity index is 426. The molecule has 2 N–H and O–H groups in total. The molecule has 1 aliphatic heterocycles. The van der Waals surface area contributed by atoms with Crippen molar-refractivity contribution in [1.29, 1.82) is 0 Å². The Hall–Kier alpha value is -0.950. The average molecular weight is 231 g/mol. The summed E-state index contributed by atoms with van der Waals surface area (Å²) in [6, 6.07) is 0. The van der Waals surface area contributed by atoms with Crippen LogP contribution in [0.3, 0.4) is 0 Å². The van der Waals surface area contributed by atoms with Crippen LogP contribution in [-0.4, -0.2) is 30.1 Å². The normalized spacial score (nSPS) is 21.7. The summed E-state index contributed by atoms with van der Waals surface area (Å²) < 4.78 is 27.3. The van der Waals surface area contributed by atoms with Crippen molar-refractivity contribution in [2.75, 3.05) is 11.5 Å². The lowest BCUT2D eigenvalue weighted by Crippen LogP contribution is -2.22. The topological polar surface area (TPSA) is 99.1 Å². The van der Waals surface area contributed by atoms with E-state index in [4.69, 9.17) is 10.3 Å². The summed E-state index contributed by atoms with van der Waals surface area (Å²) in [7, 11) is -2.83. The molecule has 1 fully saturated rings. The number of nitrogens with zero attached hydrogens (tertiary/aromatic N) is 2. The third-order valence-corrected chi connectivity index (χ3v) is 4.29. The summed E-state index contributed by atoms with van der Waals surface area (Å²) in [5, 5.41) is 3.80. The van der Waals surface area contributed by atoms with Gasteiger partial charge in [-0.3, -0.25) is 0 Å².